The van der Waals surface area contributed by atoms with Gasteiger partial charge in [-0.1, -0.05) is 61.5 Å². The van der Waals surface area contributed by atoms with E-state index in [1.807, 2.05) is 79.8 Å². The minimum atomic E-state index is -0.299. The van der Waals surface area contributed by atoms with Crippen LogP contribution in [0.5, 0.6) is 0 Å². The fourth-order valence-electron chi connectivity index (χ4n) is 4.25. The lowest BCUT2D eigenvalue weighted by Gasteiger charge is -2.36. The van der Waals surface area contributed by atoms with E-state index in [-0.39, 0.29) is 23.8 Å². The van der Waals surface area contributed by atoms with E-state index in [1.165, 1.54) is 17.4 Å². The number of thioether (sulfide) groups is 1. The zero-order valence-electron chi connectivity index (χ0n) is 21.3. The van der Waals surface area contributed by atoms with E-state index in [9.17, 15) is 9.59 Å². The van der Waals surface area contributed by atoms with Crippen molar-refractivity contribution in [3.8, 4) is 0 Å². The fourth-order valence-corrected chi connectivity index (χ4v) is 5.07. The molecule has 1 N–H and O–H groups in total. The van der Waals surface area contributed by atoms with Crippen LogP contribution in [0.2, 0.25) is 0 Å². The van der Waals surface area contributed by atoms with Crippen LogP contribution in [0.1, 0.15) is 41.6 Å². The second-order valence-electron chi connectivity index (χ2n) is 9.45. The molecule has 8 nitrogen and oxygen atoms in total. The Bertz CT molecular complexity index is 1170. The molecule has 1 atom stereocenters. The average Bonchev–Trinajstić information content (AvgIpc) is 3.26. The summed E-state index contributed by atoms with van der Waals surface area (Å²) >= 11 is 1.38. The molecule has 1 fully saturated rings. The largest absolute Gasteiger partial charge is 0.368 e. The summed E-state index contributed by atoms with van der Waals surface area (Å²) < 4.78 is 1.88. The summed E-state index contributed by atoms with van der Waals surface area (Å²) in [4.78, 5) is 29.9. The Morgan fingerprint density at radius 2 is 1.64 bits per heavy atom. The van der Waals surface area contributed by atoms with Gasteiger partial charge in [0.1, 0.15) is 0 Å². The highest BCUT2D eigenvalue weighted by atomic mass is 32.2. The number of nitrogens with zero attached hydrogens (tertiary/aromatic N) is 5. The minimum Gasteiger partial charge on any atom is -0.368 e. The summed E-state index contributed by atoms with van der Waals surface area (Å²) in [5.74, 6) is 1.06. The molecule has 0 saturated carbocycles. The van der Waals surface area contributed by atoms with E-state index in [4.69, 9.17) is 0 Å². The van der Waals surface area contributed by atoms with Gasteiger partial charge < -0.3 is 19.7 Å². The van der Waals surface area contributed by atoms with Gasteiger partial charge >= 0.3 is 0 Å². The number of rotatable bonds is 8. The lowest BCUT2D eigenvalue weighted by Crippen LogP contribution is -2.49. The predicted octanol–water partition coefficient (Wildman–Crippen LogP) is 3.69. The molecule has 2 amide bonds. The van der Waals surface area contributed by atoms with E-state index in [0.29, 0.717) is 35.4 Å². The van der Waals surface area contributed by atoms with Gasteiger partial charge in [-0.3, -0.25) is 9.59 Å². The molecule has 0 aliphatic carbocycles. The third kappa shape index (κ3) is 6.07. The highest BCUT2D eigenvalue weighted by molar-refractivity contribution is 7.99. The van der Waals surface area contributed by atoms with Crippen molar-refractivity contribution in [3.63, 3.8) is 0 Å². The maximum atomic E-state index is 12.9. The van der Waals surface area contributed by atoms with Crippen molar-refractivity contribution in [3.05, 3.63) is 71.5 Å². The van der Waals surface area contributed by atoms with Crippen molar-refractivity contribution >= 4 is 29.3 Å². The Hall–Kier alpha value is -3.33. The Morgan fingerprint density at radius 1 is 0.972 bits per heavy atom. The predicted molar refractivity (Wildman–Crippen MR) is 143 cm³/mol. The Labute approximate surface area is 217 Å². The van der Waals surface area contributed by atoms with E-state index < -0.39 is 0 Å². The molecule has 0 radical (unpaired) electrons. The zero-order chi connectivity index (χ0) is 25.7. The molecule has 2 heterocycles. The van der Waals surface area contributed by atoms with Gasteiger partial charge in [0.15, 0.2) is 11.0 Å². The molecule has 1 aliphatic heterocycles. The molecule has 9 heteroatoms. The van der Waals surface area contributed by atoms with E-state index >= 15 is 0 Å². The summed E-state index contributed by atoms with van der Waals surface area (Å²) in [6.07, 6.45) is 0. The van der Waals surface area contributed by atoms with Gasteiger partial charge in [-0.15, -0.1) is 10.2 Å². The van der Waals surface area contributed by atoms with Gasteiger partial charge in [-0.2, -0.15) is 0 Å². The number of nitrogens with one attached hydrogen (secondary N) is 1. The Morgan fingerprint density at radius 3 is 2.28 bits per heavy atom. The lowest BCUT2D eigenvalue weighted by atomic mass is 10.0. The maximum absolute atomic E-state index is 12.9. The normalized spacial score (nSPS) is 14.7. The van der Waals surface area contributed by atoms with E-state index in [2.05, 4.69) is 32.5 Å². The second kappa shape index (κ2) is 11.6. The second-order valence-corrected chi connectivity index (χ2v) is 10.4. The molecular weight excluding hydrogens is 472 g/mol. The number of carbonyl (C=O) groups excluding carboxylic acids is 2. The van der Waals surface area contributed by atoms with Gasteiger partial charge in [-0.25, -0.2) is 0 Å². The first-order valence-electron chi connectivity index (χ1n) is 12.3. The van der Waals surface area contributed by atoms with Crippen LogP contribution in [0.25, 0.3) is 0 Å². The van der Waals surface area contributed by atoms with Gasteiger partial charge in [-0.05, 0) is 37.1 Å². The Kier molecular flexibility index (Phi) is 8.30. The van der Waals surface area contributed by atoms with E-state index in [1.54, 1.807) is 0 Å². The molecule has 190 valence electrons. The number of hydrogen-bond donors (Lipinski definition) is 1. The van der Waals surface area contributed by atoms with Crippen molar-refractivity contribution in [1.82, 2.24) is 25.0 Å². The smallest absolute Gasteiger partial charge is 0.251 e. The first-order valence-corrected chi connectivity index (χ1v) is 13.3. The highest BCUT2D eigenvalue weighted by Gasteiger charge is 2.26. The van der Waals surface area contributed by atoms with Crippen LogP contribution in [0.15, 0.2) is 59.8 Å². The molecule has 1 aliphatic rings. The van der Waals surface area contributed by atoms with Gasteiger partial charge in [0.25, 0.3) is 5.91 Å². The fraction of sp³-hybridized carbons (Fsp3) is 0.407. The monoisotopic (exact) mass is 506 g/mol. The number of hydrogen-bond acceptors (Lipinski definition) is 6. The summed E-state index contributed by atoms with van der Waals surface area (Å²) in [7, 11) is 1.88. The number of aromatic nitrogens is 3. The molecular formula is C27H34N6O2S. The molecule has 36 heavy (non-hydrogen) atoms. The molecule has 1 saturated heterocycles. The van der Waals surface area contributed by atoms with Gasteiger partial charge in [0.05, 0.1) is 11.8 Å². The summed E-state index contributed by atoms with van der Waals surface area (Å²) in [5, 5.41) is 12.5. The van der Waals surface area contributed by atoms with Crippen molar-refractivity contribution in [2.45, 2.75) is 32.0 Å². The number of benzene rings is 2. The van der Waals surface area contributed by atoms with E-state index in [0.717, 1.165) is 18.7 Å². The third-order valence-electron chi connectivity index (χ3n) is 6.49. The topological polar surface area (TPSA) is 83.4 Å². The van der Waals surface area contributed by atoms with Crippen molar-refractivity contribution in [1.29, 1.82) is 0 Å². The van der Waals surface area contributed by atoms with Gasteiger partial charge in [0, 0.05) is 44.5 Å². The Balaban J connectivity index is 1.34. The molecule has 0 bridgehead atoms. The quantitative estimate of drug-likeness (QED) is 0.469. The third-order valence-corrected chi connectivity index (χ3v) is 7.50. The van der Waals surface area contributed by atoms with Crippen molar-refractivity contribution in [2.75, 3.05) is 36.8 Å². The SMILES string of the molecule is Cc1ccc(C(=O)N[C@H](c2nnc(SCC(=O)N3CCN(c4ccccc4)CC3)n2C)C(C)C)cc1. The van der Waals surface area contributed by atoms with Crippen LogP contribution in [-0.2, 0) is 11.8 Å². The molecule has 3 aromatic rings. The number of piperazine rings is 1. The van der Waals surface area contributed by atoms with Crippen LogP contribution in [0.4, 0.5) is 5.69 Å². The van der Waals surface area contributed by atoms with Crippen molar-refractivity contribution in [2.24, 2.45) is 13.0 Å². The molecule has 0 unspecified atom stereocenters. The number of carbonyl (C=O) groups is 2. The minimum absolute atomic E-state index is 0.102. The summed E-state index contributed by atoms with van der Waals surface area (Å²) in [5.41, 5.74) is 2.91. The first-order chi connectivity index (χ1) is 17.3. The van der Waals surface area contributed by atoms with Crippen molar-refractivity contribution < 1.29 is 9.59 Å². The summed E-state index contributed by atoms with van der Waals surface area (Å²) in [6.45, 7) is 9.14. The number of anilines is 1. The summed E-state index contributed by atoms with van der Waals surface area (Å²) in [6, 6.07) is 17.5. The maximum Gasteiger partial charge on any atom is 0.251 e. The number of para-hydroxylation sites is 1. The average molecular weight is 507 g/mol. The van der Waals surface area contributed by atoms with Crippen LogP contribution in [-0.4, -0.2) is 63.4 Å². The van der Waals surface area contributed by atoms with Gasteiger partial charge in [0.2, 0.25) is 5.91 Å². The van der Waals surface area contributed by atoms with Crippen LogP contribution in [0, 0.1) is 12.8 Å². The molecule has 4 rings (SSSR count). The number of amides is 2. The molecule has 0 spiro atoms. The lowest BCUT2D eigenvalue weighted by molar-refractivity contribution is -0.128. The molecule has 2 aromatic carbocycles. The molecule has 1 aromatic heterocycles. The van der Waals surface area contributed by atoms with Crippen LogP contribution >= 0.6 is 11.8 Å². The highest BCUT2D eigenvalue weighted by Crippen LogP contribution is 2.25. The van der Waals surface area contributed by atoms with Crippen LogP contribution in [0.3, 0.4) is 0 Å². The van der Waals surface area contributed by atoms with Crippen LogP contribution < -0.4 is 10.2 Å². The first kappa shape index (κ1) is 25.8. The standard InChI is InChI=1S/C27H34N6O2S/c1-19(2)24(28-26(35)21-12-10-20(3)11-13-21)25-29-30-27(31(25)4)36-18-23(34)33-16-14-32(15-17-33)22-8-6-5-7-9-22/h5-13,19,24H,14-18H2,1-4H3,(H,28,35)/t24-/m0/s1. The number of aryl methyl sites for hydroxylation is 1. The zero-order valence-corrected chi connectivity index (χ0v) is 22.2.